The second-order valence-electron chi connectivity index (χ2n) is 16.6. The Bertz CT molecular complexity index is 1770. The summed E-state index contributed by atoms with van der Waals surface area (Å²) in [5.41, 5.74) is 4.79. The Morgan fingerprint density at radius 1 is 0.630 bits per heavy atom. The molecule has 2 saturated carbocycles. The Morgan fingerprint density at radius 2 is 0.963 bits per heavy atom. The molecule has 2 heterocycles. The molecule has 2 aliphatic rings. The lowest BCUT2D eigenvalue weighted by Crippen LogP contribution is -2.40. The van der Waals surface area contributed by atoms with Crippen molar-refractivity contribution < 1.29 is 22.8 Å². The summed E-state index contributed by atoms with van der Waals surface area (Å²) < 4.78 is 45.8. The highest BCUT2D eigenvalue weighted by Gasteiger charge is 2.39. The van der Waals surface area contributed by atoms with Crippen LogP contribution in [0, 0.1) is 23.7 Å². The van der Waals surface area contributed by atoms with Gasteiger partial charge >= 0.3 is 0 Å². The van der Waals surface area contributed by atoms with E-state index in [0.717, 1.165) is 45.3 Å². The molecule has 2 fully saturated rings. The van der Waals surface area contributed by atoms with E-state index in [1.165, 1.54) is 0 Å². The smallest absolute Gasteiger partial charge is 0.248 e. The maximum absolute atomic E-state index is 14.4. The number of benzene rings is 2. The molecule has 0 saturated heterocycles. The molecule has 2 aliphatic carbocycles. The van der Waals surface area contributed by atoms with Gasteiger partial charge < -0.3 is 19.8 Å². The standard InChI is InChI=1S/C43H55F3N6O2/c1-26(2)36(49-40(53)32-16-20-42(5,44)21-17-32)38-47-24-34(51(38)6)30-12-8-28(9-13-30)29-10-14-31(15-11-29)35-25-48-39(52(35)7)37(27(3)4)50-41(54)33-18-22-43(45,46)23-19-33/h8-15,24-27,32-33,36-37H,16-23H2,1-7H3,(H,49,53)(H,50,54)/t32?,36-,37-,42?/m0/s1. The minimum Gasteiger partial charge on any atom is -0.346 e. The van der Waals surface area contributed by atoms with Crippen LogP contribution in [0.25, 0.3) is 33.6 Å². The van der Waals surface area contributed by atoms with Crippen molar-refractivity contribution in [1.29, 1.82) is 0 Å². The molecule has 290 valence electrons. The summed E-state index contributed by atoms with van der Waals surface area (Å²) in [6.07, 6.45) is 5.50. The first-order valence-electron chi connectivity index (χ1n) is 19.5. The third kappa shape index (κ3) is 8.60. The molecule has 6 rings (SSSR count). The van der Waals surface area contributed by atoms with Crippen molar-refractivity contribution in [3.05, 3.63) is 72.6 Å². The number of rotatable bonds is 11. The number of carbonyl (C=O) groups is 2. The van der Waals surface area contributed by atoms with E-state index in [0.29, 0.717) is 25.7 Å². The third-order valence-electron chi connectivity index (χ3n) is 11.7. The largest absolute Gasteiger partial charge is 0.346 e. The van der Waals surface area contributed by atoms with Crippen LogP contribution in [-0.2, 0) is 23.7 Å². The first-order valence-corrected chi connectivity index (χ1v) is 19.5. The number of carbonyl (C=O) groups excluding carboxylic acids is 2. The monoisotopic (exact) mass is 744 g/mol. The number of alkyl halides is 3. The maximum atomic E-state index is 14.4. The zero-order chi connectivity index (χ0) is 38.9. The number of imidazole rings is 2. The zero-order valence-electron chi connectivity index (χ0n) is 32.6. The van der Waals surface area contributed by atoms with Gasteiger partial charge in [0.1, 0.15) is 17.3 Å². The van der Waals surface area contributed by atoms with E-state index in [1.54, 1.807) is 6.92 Å². The van der Waals surface area contributed by atoms with Crippen molar-refractivity contribution in [1.82, 2.24) is 29.7 Å². The Hall–Kier alpha value is -4.41. The van der Waals surface area contributed by atoms with Crippen molar-refractivity contribution in [2.24, 2.45) is 37.8 Å². The normalized spacial score (nSPS) is 21.6. The van der Waals surface area contributed by atoms with Gasteiger partial charge in [0, 0.05) is 38.8 Å². The first kappa shape index (κ1) is 39.3. The summed E-state index contributed by atoms with van der Waals surface area (Å²) in [7, 11) is 3.91. The van der Waals surface area contributed by atoms with E-state index in [-0.39, 0.29) is 67.3 Å². The second-order valence-corrected chi connectivity index (χ2v) is 16.6. The molecular formula is C43H55F3N6O2. The number of hydrogen-bond acceptors (Lipinski definition) is 4. The molecule has 2 aromatic heterocycles. The van der Waals surface area contributed by atoms with Crippen LogP contribution in [0.4, 0.5) is 13.2 Å². The summed E-state index contributed by atoms with van der Waals surface area (Å²) in [6.45, 7) is 9.81. The molecule has 0 bridgehead atoms. The lowest BCUT2D eigenvalue weighted by molar-refractivity contribution is -0.130. The van der Waals surface area contributed by atoms with Crippen LogP contribution in [0.2, 0.25) is 0 Å². The number of hydrogen-bond donors (Lipinski definition) is 2. The van der Waals surface area contributed by atoms with Crippen molar-refractivity contribution >= 4 is 11.8 Å². The highest BCUT2D eigenvalue weighted by atomic mass is 19.3. The number of halogens is 3. The van der Waals surface area contributed by atoms with Crippen LogP contribution >= 0.6 is 0 Å². The van der Waals surface area contributed by atoms with Gasteiger partial charge in [-0.1, -0.05) is 76.2 Å². The topological polar surface area (TPSA) is 93.8 Å². The molecule has 0 unspecified atom stereocenters. The molecule has 2 atom stereocenters. The molecule has 2 N–H and O–H groups in total. The van der Waals surface area contributed by atoms with E-state index in [1.807, 2.05) is 49.5 Å². The molecule has 0 aliphatic heterocycles. The van der Waals surface area contributed by atoms with Crippen molar-refractivity contribution in [2.45, 2.75) is 110 Å². The third-order valence-corrected chi connectivity index (χ3v) is 11.7. The molecule has 8 nitrogen and oxygen atoms in total. The molecule has 11 heteroatoms. The van der Waals surface area contributed by atoms with E-state index >= 15 is 0 Å². The van der Waals surface area contributed by atoms with Gasteiger partial charge in [-0.3, -0.25) is 9.59 Å². The lowest BCUT2D eigenvalue weighted by Gasteiger charge is -2.32. The number of amides is 2. The Labute approximate surface area is 317 Å². The van der Waals surface area contributed by atoms with E-state index in [2.05, 4.69) is 73.0 Å². The molecule has 2 aromatic carbocycles. The summed E-state index contributed by atoms with van der Waals surface area (Å²) in [5, 5.41) is 6.35. The average molecular weight is 745 g/mol. The number of aromatic nitrogens is 4. The lowest BCUT2D eigenvalue weighted by atomic mass is 9.80. The predicted octanol–water partition coefficient (Wildman–Crippen LogP) is 9.53. The van der Waals surface area contributed by atoms with Gasteiger partial charge in [0.15, 0.2) is 0 Å². The minimum atomic E-state index is -2.68. The highest BCUT2D eigenvalue weighted by Crippen LogP contribution is 2.38. The van der Waals surface area contributed by atoms with Gasteiger partial charge in [-0.15, -0.1) is 0 Å². The van der Waals surface area contributed by atoms with Crippen LogP contribution < -0.4 is 10.6 Å². The van der Waals surface area contributed by atoms with Crippen LogP contribution in [0.3, 0.4) is 0 Å². The quantitative estimate of drug-likeness (QED) is 0.160. The SMILES string of the molecule is CC(C)[C@H](NC(=O)C1CCC(C)(F)CC1)c1ncc(-c2ccc(-c3ccc(-c4cnc([C@@H](NC(=O)C5CCC(F)(F)CC5)C(C)C)n4C)cc3)cc2)n1C. The van der Waals surface area contributed by atoms with Crippen LogP contribution in [0.15, 0.2) is 60.9 Å². The average Bonchev–Trinajstić information content (AvgIpc) is 3.70. The predicted molar refractivity (Wildman–Crippen MR) is 206 cm³/mol. The Balaban J connectivity index is 1.12. The van der Waals surface area contributed by atoms with Crippen LogP contribution in [-0.4, -0.2) is 42.5 Å². The zero-order valence-corrected chi connectivity index (χ0v) is 32.6. The maximum Gasteiger partial charge on any atom is 0.248 e. The first-order chi connectivity index (χ1) is 25.5. The van der Waals surface area contributed by atoms with E-state index in [4.69, 9.17) is 9.97 Å². The molecule has 2 amide bonds. The fourth-order valence-corrected chi connectivity index (χ4v) is 8.01. The number of nitrogens with zero attached hydrogens (tertiary/aromatic N) is 4. The fraction of sp³-hybridized carbons (Fsp3) is 0.535. The Kier molecular flexibility index (Phi) is 11.5. The molecule has 0 radical (unpaired) electrons. The van der Waals surface area contributed by atoms with E-state index < -0.39 is 17.5 Å². The highest BCUT2D eigenvalue weighted by molar-refractivity contribution is 5.80. The summed E-state index contributed by atoms with van der Waals surface area (Å²) >= 11 is 0. The molecule has 54 heavy (non-hydrogen) atoms. The Morgan fingerprint density at radius 3 is 1.31 bits per heavy atom. The van der Waals surface area contributed by atoms with Crippen molar-refractivity contribution in [2.75, 3.05) is 0 Å². The van der Waals surface area contributed by atoms with Crippen LogP contribution in [0.1, 0.15) is 110 Å². The molecule has 4 aromatic rings. The molecule has 0 spiro atoms. The van der Waals surface area contributed by atoms with Gasteiger partial charge in [0.05, 0.1) is 35.9 Å². The van der Waals surface area contributed by atoms with Gasteiger partial charge in [-0.2, -0.15) is 0 Å². The van der Waals surface area contributed by atoms with E-state index in [9.17, 15) is 22.8 Å². The van der Waals surface area contributed by atoms with Gasteiger partial charge in [0.2, 0.25) is 17.7 Å². The fourth-order valence-electron chi connectivity index (χ4n) is 8.01. The summed E-state index contributed by atoms with van der Waals surface area (Å²) in [4.78, 5) is 35.8. The van der Waals surface area contributed by atoms with Gasteiger partial charge in [-0.05, 0) is 79.5 Å². The summed E-state index contributed by atoms with van der Waals surface area (Å²) in [5.74, 6) is -1.78. The van der Waals surface area contributed by atoms with Crippen LogP contribution in [0.5, 0.6) is 0 Å². The summed E-state index contributed by atoms with van der Waals surface area (Å²) in [6, 6.07) is 16.0. The number of nitrogens with one attached hydrogen (secondary N) is 2. The second kappa shape index (κ2) is 15.7. The minimum absolute atomic E-state index is 0.0235. The van der Waals surface area contributed by atoms with Gasteiger partial charge in [0.25, 0.3) is 0 Å². The van der Waals surface area contributed by atoms with Crippen molar-refractivity contribution in [3.63, 3.8) is 0 Å². The molecular weight excluding hydrogens is 690 g/mol. The van der Waals surface area contributed by atoms with Gasteiger partial charge in [-0.25, -0.2) is 23.1 Å². The van der Waals surface area contributed by atoms with Crippen molar-refractivity contribution in [3.8, 4) is 33.6 Å².